The summed E-state index contributed by atoms with van der Waals surface area (Å²) in [5.41, 5.74) is 1.37. The Bertz CT molecular complexity index is 434. The molecule has 0 spiro atoms. The highest BCUT2D eigenvalue weighted by Crippen LogP contribution is 2.16. The lowest BCUT2D eigenvalue weighted by Crippen LogP contribution is -2.00. The van der Waals surface area contributed by atoms with Gasteiger partial charge in [0, 0.05) is 12.7 Å². The molecule has 84 valence electrons. The normalized spacial score (nSPS) is 10.6. The van der Waals surface area contributed by atoms with Crippen LogP contribution in [0.25, 0.3) is 0 Å². The van der Waals surface area contributed by atoms with Gasteiger partial charge in [-0.15, -0.1) is 0 Å². The largest absolute Gasteiger partial charge is 0.270 e. The maximum absolute atomic E-state index is 5.93. The summed E-state index contributed by atoms with van der Waals surface area (Å²) < 4.78 is 2.78. The number of hydrogen-bond donors (Lipinski definition) is 0. The van der Waals surface area contributed by atoms with Crippen LogP contribution in [0.1, 0.15) is 12.0 Å². The van der Waals surface area contributed by atoms with E-state index >= 15 is 0 Å². The van der Waals surface area contributed by atoms with Crippen LogP contribution < -0.4 is 0 Å². The fourth-order valence-electron chi connectivity index (χ4n) is 1.58. The third kappa shape index (κ3) is 3.22. The molecule has 0 aliphatic rings. The minimum Gasteiger partial charge on any atom is -0.270 e. The van der Waals surface area contributed by atoms with Gasteiger partial charge >= 0.3 is 0 Å². The molecule has 0 aliphatic carbocycles. The molecule has 0 amide bonds. The average molecular weight is 347 g/mol. The molecule has 2 aromatic rings. The molecule has 0 bridgehead atoms. The van der Waals surface area contributed by atoms with Gasteiger partial charge in [-0.05, 0) is 41.0 Å². The Kier molecular flexibility index (Phi) is 4.23. The van der Waals surface area contributed by atoms with E-state index in [2.05, 4.69) is 52.0 Å². The van der Waals surface area contributed by atoms with Crippen LogP contribution in [0.5, 0.6) is 0 Å². The molecule has 0 fully saturated rings. The van der Waals surface area contributed by atoms with Gasteiger partial charge in [-0.3, -0.25) is 4.68 Å². The van der Waals surface area contributed by atoms with Crippen molar-refractivity contribution < 1.29 is 0 Å². The Labute approximate surface area is 114 Å². The molecular formula is C12H12ClIN2. The van der Waals surface area contributed by atoms with Crippen molar-refractivity contribution in [1.82, 2.24) is 9.78 Å². The van der Waals surface area contributed by atoms with Crippen molar-refractivity contribution in [1.29, 1.82) is 0 Å². The summed E-state index contributed by atoms with van der Waals surface area (Å²) in [7, 11) is 0. The zero-order chi connectivity index (χ0) is 11.4. The molecule has 0 atom stereocenters. The summed E-state index contributed by atoms with van der Waals surface area (Å²) in [6, 6.07) is 10.5. The summed E-state index contributed by atoms with van der Waals surface area (Å²) in [5.74, 6) is 0. The first kappa shape index (κ1) is 11.9. The minimum atomic E-state index is 0.736. The highest BCUT2D eigenvalue weighted by Gasteiger charge is 2.02. The van der Waals surface area contributed by atoms with Crippen molar-refractivity contribution in [3.8, 4) is 0 Å². The second kappa shape index (κ2) is 5.68. The number of hydrogen-bond acceptors (Lipinski definition) is 1. The topological polar surface area (TPSA) is 17.8 Å². The summed E-state index contributed by atoms with van der Waals surface area (Å²) in [4.78, 5) is 0. The SMILES string of the molecule is Clc1cn(CCCc2ccccc2)nc1I. The average Bonchev–Trinajstić information content (AvgIpc) is 2.60. The Hall–Kier alpha value is -0.550. The Morgan fingerprint density at radius 1 is 1.25 bits per heavy atom. The van der Waals surface area contributed by atoms with Crippen molar-refractivity contribution in [2.75, 3.05) is 0 Å². The van der Waals surface area contributed by atoms with Crippen molar-refractivity contribution >= 4 is 34.2 Å². The summed E-state index contributed by atoms with van der Waals surface area (Å²) in [5, 5.41) is 5.05. The van der Waals surface area contributed by atoms with Gasteiger partial charge in [0.25, 0.3) is 0 Å². The molecule has 0 saturated heterocycles. The predicted octanol–water partition coefficient (Wildman–Crippen LogP) is 3.77. The Balaban J connectivity index is 1.84. The number of halogens is 2. The van der Waals surface area contributed by atoms with E-state index in [0.29, 0.717) is 0 Å². The summed E-state index contributed by atoms with van der Waals surface area (Å²) >= 11 is 8.08. The van der Waals surface area contributed by atoms with E-state index in [1.165, 1.54) is 5.56 Å². The second-order valence-electron chi connectivity index (χ2n) is 3.62. The van der Waals surface area contributed by atoms with Crippen molar-refractivity contribution in [3.63, 3.8) is 0 Å². The van der Waals surface area contributed by atoms with Crippen LogP contribution in [-0.2, 0) is 13.0 Å². The van der Waals surface area contributed by atoms with Gasteiger partial charge in [0.15, 0.2) is 0 Å². The first-order chi connectivity index (χ1) is 7.75. The zero-order valence-corrected chi connectivity index (χ0v) is 11.6. The third-order valence-corrected chi connectivity index (χ3v) is 3.76. The Morgan fingerprint density at radius 2 is 2.00 bits per heavy atom. The molecule has 0 N–H and O–H groups in total. The number of aryl methyl sites for hydroxylation is 2. The quantitative estimate of drug-likeness (QED) is 0.771. The van der Waals surface area contributed by atoms with Crippen molar-refractivity contribution in [2.45, 2.75) is 19.4 Å². The van der Waals surface area contributed by atoms with Crippen LogP contribution in [0.4, 0.5) is 0 Å². The summed E-state index contributed by atoms with van der Waals surface area (Å²) in [6.45, 7) is 0.914. The van der Waals surface area contributed by atoms with Crippen LogP contribution in [0.15, 0.2) is 36.5 Å². The van der Waals surface area contributed by atoms with E-state index in [4.69, 9.17) is 11.6 Å². The van der Waals surface area contributed by atoms with E-state index in [-0.39, 0.29) is 0 Å². The molecule has 0 radical (unpaired) electrons. The molecule has 0 saturated carbocycles. The minimum absolute atomic E-state index is 0.736. The van der Waals surface area contributed by atoms with E-state index < -0.39 is 0 Å². The van der Waals surface area contributed by atoms with Crippen molar-refractivity contribution in [3.05, 3.63) is 50.8 Å². The molecule has 4 heteroatoms. The number of aromatic nitrogens is 2. The fourth-order valence-corrected chi connectivity index (χ4v) is 2.14. The monoisotopic (exact) mass is 346 g/mol. The van der Waals surface area contributed by atoms with Gasteiger partial charge in [0.1, 0.15) is 3.70 Å². The lowest BCUT2D eigenvalue weighted by atomic mass is 10.1. The standard InChI is InChI=1S/C12H12ClIN2/c13-11-9-16(15-12(11)14)8-4-7-10-5-2-1-3-6-10/h1-3,5-6,9H,4,7-8H2. The second-order valence-corrected chi connectivity index (χ2v) is 5.05. The molecule has 1 aromatic heterocycles. The molecule has 1 heterocycles. The van der Waals surface area contributed by atoms with Crippen LogP contribution in [0.3, 0.4) is 0 Å². The van der Waals surface area contributed by atoms with Gasteiger partial charge in [-0.1, -0.05) is 41.9 Å². The van der Waals surface area contributed by atoms with Crippen molar-refractivity contribution in [2.24, 2.45) is 0 Å². The summed E-state index contributed by atoms with van der Waals surface area (Å²) in [6.07, 6.45) is 4.04. The zero-order valence-electron chi connectivity index (χ0n) is 8.74. The van der Waals surface area contributed by atoms with Gasteiger partial charge in [0.2, 0.25) is 0 Å². The van der Waals surface area contributed by atoms with E-state index in [1.807, 2.05) is 16.9 Å². The van der Waals surface area contributed by atoms with Crippen LogP contribution in [-0.4, -0.2) is 9.78 Å². The van der Waals surface area contributed by atoms with Crippen LogP contribution in [0, 0.1) is 3.70 Å². The van der Waals surface area contributed by atoms with E-state index in [1.54, 1.807) is 0 Å². The van der Waals surface area contributed by atoms with E-state index in [0.717, 1.165) is 28.1 Å². The number of benzene rings is 1. The molecule has 0 aliphatic heterocycles. The fraction of sp³-hybridized carbons (Fsp3) is 0.250. The molecule has 2 rings (SSSR count). The number of nitrogens with zero attached hydrogens (tertiary/aromatic N) is 2. The van der Waals surface area contributed by atoms with Gasteiger partial charge < -0.3 is 0 Å². The smallest absolute Gasteiger partial charge is 0.141 e. The first-order valence-electron chi connectivity index (χ1n) is 5.18. The lowest BCUT2D eigenvalue weighted by Gasteiger charge is -2.01. The van der Waals surface area contributed by atoms with Gasteiger partial charge in [-0.2, -0.15) is 5.10 Å². The van der Waals surface area contributed by atoms with Gasteiger partial charge in [-0.25, -0.2) is 0 Å². The predicted molar refractivity (Wildman–Crippen MR) is 74.7 cm³/mol. The van der Waals surface area contributed by atoms with Crippen LogP contribution >= 0.6 is 34.2 Å². The molecule has 16 heavy (non-hydrogen) atoms. The lowest BCUT2D eigenvalue weighted by molar-refractivity contribution is 0.576. The maximum Gasteiger partial charge on any atom is 0.141 e. The highest BCUT2D eigenvalue weighted by atomic mass is 127. The van der Waals surface area contributed by atoms with Crippen LogP contribution in [0.2, 0.25) is 5.02 Å². The van der Waals surface area contributed by atoms with E-state index in [9.17, 15) is 0 Å². The molecule has 2 nitrogen and oxygen atoms in total. The third-order valence-electron chi connectivity index (χ3n) is 2.37. The van der Waals surface area contributed by atoms with Gasteiger partial charge in [0.05, 0.1) is 5.02 Å². The molecule has 0 unspecified atom stereocenters. The first-order valence-corrected chi connectivity index (χ1v) is 6.64. The maximum atomic E-state index is 5.93. The highest BCUT2D eigenvalue weighted by molar-refractivity contribution is 14.1. The molecular weight excluding hydrogens is 335 g/mol. The Morgan fingerprint density at radius 3 is 2.62 bits per heavy atom. The molecule has 1 aromatic carbocycles. The number of rotatable bonds is 4.